The predicted octanol–water partition coefficient (Wildman–Crippen LogP) is 2.79. The van der Waals surface area contributed by atoms with Crippen molar-refractivity contribution in [3.63, 3.8) is 0 Å². The fourth-order valence-corrected chi connectivity index (χ4v) is 4.98. The van der Waals surface area contributed by atoms with Crippen LogP contribution in [0.2, 0.25) is 0 Å². The third-order valence-corrected chi connectivity index (χ3v) is 7.01. The van der Waals surface area contributed by atoms with Gasteiger partial charge in [0, 0.05) is 37.2 Å². The van der Waals surface area contributed by atoms with Gasteiger partial charge >= 0.3 is 0 Å². The summed E-state index contributed by atoms with van der Waals surface area (Å²) >= 11 is 0. The molecule has 2 fully saturated rings. The summed E-state index contributed by atoms with van der Waals surface area (Å²) in [4.78, 5) is 41.0. The lowest BCUT2D eigenvalue weighted by Gasteiger charge is -2.29. The summed E-state index contributed by atoms with van der Waals surface area (Å²) in [5.41, 5.74) is 3.77. The van der Waals surface area contributed by atoms with Crippen LogP contribution in [0.25, 0.3) is 0 Å². The summed E-state index contributed by atoms with van der Waals surface area (Å²) in [5, 5.41) is 0. The maximum atomic E-state index is 13.0. The Morgan fingerprint density at radius 1 is 0.971 bits per heavy atom. The molecule has 1 aliphatic carbocycles. The highest BCUT2D eigenvalue weighted by Gasteiger charge is 2.39. The molecule has 2 aliphatic heterocycles. The van der Waals surface area contributed by atoms with Crippen LogP contribution < -0.4 is 4.74 Å². The molecule has 1 saturated heterocycles. The molecule has 1 saturated carbocycles. The number of rotatable bonds is 7. The van der Waals surface area contributed by atoms with E-state index >= 15 is 0 Å². The summed E-state index contributed by atoms with van der Waals surface area (Å²) in [7, 11) is 0. The van der Waals surface area contributed by atoms with Gasteiger partial charge in [-0.1, -0.05) is 30.3 Å². The van der Waals surface area contributed by atoms with Crippen LogP contribution in [0.1, 0.15) is 46.3 Å². The minimum absolute atomic E-state index is 0.0402. The Kier molecular flexibility index (Phi) is 6.74. The minimum atomic E-state index is -0.518. The topological polar surface area (TPSA) is 76.2 Å². The molecule has 0 aromatic heterocycles. The lowest BCUT2D eigenvalue weighted by atomic mass is 9.92. The smallest absolute Gasteiger partial charge is 0.255 e. The van der Waals surface area contributed by atoms with Gasteiger partial charge < -0.3 is 14.4 Å². The van der Waals surface area contributed by atoms with Crippen molar-refractivity contribution in [2.75, 3.05) is 32.8 Å². The normalized spacial score (nSPS) is 21.1. The van der Waals surface area contributed by atoms with Crippen LogP contribution in [0.5, 0.6) is 5.75 Å². The van der Waals surface area contributed by atoms with Crippen LogP contribution in [-0.2, 0) is 33.9 Å². The zero-order chi connectivity index (χ0) is 23.5. The second kappa shape index (κ2) is 10.1. The lowest BCUT2D eigenvalue weighted by molar-refractivity contribution is -0.133. The molecule has 0 bridgehead atoms. The molecule has 0 radical (unpaired) electrons. The number of ether oxygens (including phenoxy) is 2. The molecule has 1 amide bonds. The number of carbonyl (C=O) groups excluding carboxylic acids is 3. The third kappa shape index (κ3) is 4.91. The van der Waals surface area contributed by atoms with Gasteiger partial charge in [0.25, 0.3) is 5.91 Å². The summed E-state index contributed by atoms with van der Waals surface area (Å²) in [6.07, 6.45) is 1.70. The number of carbonyl (C=O) groups is 3. The molecule has 1 unspecified atom stereocenters. The maximum absolute atomic E-state index is 13.0. The Morgan fingerprint density at radius 3 is 2.50 bits per heavy atom. The first-order valence-corrected chi connectivity index (χ1v) is 12.1. The van der Waals surface area contributed by atoms with Crippen molar-refractivity contribution in [2.24, 2.45) is 0 Å². The van der Waals surface area contributed by atoms with Gasteiger partial charge in [-0.15, -0.1) is 0 Å². The van der Waals surface area contributed by atoms with E-state index in [1.165, 1.54) is 5.56 Å². The zero-order valence-electron chi connectivity index (χ0n) is 19.3. The van der Waals surface area contributed by atoms with E-state index in [0.717, 1.165) is 50.4 Å². The fraction of sp³-hybridized carbons (Fsp3) is 0.444. The highest BCUT2D eigenvalue weighted by Crippen LogP contribution is 2.34. The average molecular weight is 463 g/mol. The second-order valence-corrected chi connectivity index (χ2v) is 9.26. The zero-order valence-corrected chi connectivity index (χ0v) is 19.3. The van der Waals surface area contributed by atoms with Gasteiger partial charge in [-0.05, 0) is 36.1 Å². The first-order valence-electron chi connectivity index (χ1n) is 12.1. The molecule has 0 spiro atoms. The van der Waals surface area contributed by atoms with Gasteiger partial charge in [0.2, 0.25) is 0 Å². The molecular formula is C27H30N2O5. The van der Waals surface area contributed by atoms with Crippen LogP contribution in [0.15, 0.2) is 42.5 Å². The largest absolute Gasteiger partial charge is 0.489 e. The number of Topliss-reactive ketones (excluding diaryl/α,β-unsaturated/α-hetero) is 2. The predicted molar refractivity (Wildman–Crippen MR) is 126 cm³/mol. The van der Waals surface area contributed by atoms with Gasteiger partial charge in [-0.2, -0.15) is 0 Å². The SMILES string of the molecule is O=C1CCC(N2Cc3c(OCc4ccc(CCN5CCOCC5)cc4)cccc3C2=O)C(=O)C1. The number of ketones is 2. The Bertz CT molecular complexity index is 1070. The van der Waals surface area contributed by atoms with Crippen molar-refractivity contribution >= 4 is 17.5 Å². The van der Waals surface area contributed by atoms with Gasteiger partial charge in [-0.25, -0.2) is 0 Å². The lowest BCUT2D eigenvalue weighted by Crippen LogP contribution is -2.44. The summed E-state index contributed by atoms with van der Waals surface area (Å²) in [6.45, 7) is 5.43. The van der Waals surface area contributed by atoms with E-state index in [9.17, 15) is 14.4 Å². The molecule has 178 valence electrons. The third-order valence-electron chi connectivity index (χ3n) is 7.01. The Hall–Kier alpha value is -3.03. The molecule has 2 aromatic rings. The van der Waals surface area contributed by atoms with Gasteiger partial charge in [0.1, 0.15) is 18.1 Å². The summed E-state index contributed by atoms with van der Waals surface area (Å²) in [5.74, 6) is 0.317. The van der Waals surface area contributed by atoms with Crippen LogP contribution in [0, 0.1) is 0 Å². The molecule has 2 heterocycles. The van der Waals surface area contributed by atoms with E-state index in [0.29, 0.717) is 37.3 Å². The van der Waals surface area contributed by atoms with E-state index in [4.69, 9.17) is 9.47 Å². The van der Waals surface area contributed by atoms with Crippen LogP contribution in [0.3, 0.4) is 0 Å². The highest BCUT2D eigenvalue weighted by atomic mass is 16.5. The monoisotopic (exact) mass is 462 g/mol. The molecule has 7 nitrogen and oxygen atoms in total. The van der Waals surface area contributed by atoms with Crippen LogP contribution in [0.4, 0.5) is 0 Å². The Morgan fingerprint density at radius 2 is 1.74 bits per heavy atom. The molecular weight excluding hydrogens is 432 g/mol. The Labute approximate surface area is 199 Å². The van der Waals surface area contributed by atoms with E-state index in [-0.39, 0.29) is 23.9 Å². The van der Waals surface area contributed by atoms with Crippen molar-refractivity contribution in [2.45, 2.75) is 44.9 Å². The van der Waals surface area contributed by atoms with Crippen LogP contribution in [-0.4, -0.2) is 66.2 Å². The average Bonchev–Trinajstić information content (AvgIpc) is 3.19. The van der Waals surface area contributed by atoms with Gasteiger partial charge in [-0.3, -0.25) is 19.3 Å². The molecule has 7 heteroatoms. The number of hydrogen-bond acceptors (Lipinski definition) is 6. The summed E-state index contributed by atoms with van der Waals surface area (Å²) < 4.78 is 11.5. The standard InChI is InChI=1S/C27H30N2O5/c30-21-8-9-24(25(31)16-21)29-17-23-22(27(29)32)2-1-3-26(23)34-18-20-6-4-19(5-7-20)10-11-28-12-14-33-15-13-28/h1-7,24H,8-18H2. The highest BCUT2D eigenvalue weighted by molar-refractivity contribution is 6.07. The van der Waals surface area contributed by atoms with Gasteiger partial charge in [0.05, 0.1) is 32.2 Å². The Balaban J connectivity index is 1.19. The summed E-state index contributed by atoms with van der Waals surface area (Å²) in [6, 6.07) is 13.4. The first kappa shape index (κ1) is 22.7. The van der Waals surface area contributed by atoms with E-state index in [1.54, 1.807) is 11.0 Å². The quantitative estimate of drug-likeness (QED) is 0.589. The van der Waals surface area contributed by atoms with Crippen molar-refractivity contribution in [1.29, 1.82) is 0 Å². The van der Waals surface area contributed by atoms with Crippen LogP contribution >= 0.6 is 0 Å². The first-order chi connectivity index (χ1) is 16.6. The van der Waals surface area contributed by atoms with E-state index in [1.807, 2.05) is 12.1 Å². The van der Waals surface area contributed by atoms with E-state index in [2.05, 4.69) is 29.2 Å². The fourth-order valence-electron chi connectivity index (χ4n) is 4.98. The minimum Gasteiger partial charge on any atom is -0.489 e. The van der Waals surface area contributed by atoms with Crippen molar-refractivity contribution in [3.8, 4) is 5.75 Å². The number of nitrogens with zero attached hydrogens (tertiary/aromatic N) is 2. The molecule has 34 heavy (non-hydrogen) atoms. The molecule has 0 N–H and O–H groups in total. The number of morpholine rings is 1. The number of benzene rings is 2. The molecule has 5 rings (SSSR count). The molecule has 1 atom stereocenters. The van der Waals surface area contributed by atoms with E-state index < -0.39 is 6.04 Å². The second-order valence-electron chi connectivity index (χ2n) is 9.26. The molecule has 3 aliphatic rings. The van der Waals surface area contributed by atoms with Gasteiger partial charge in [0.15, 0.2) is 5.78 Å². The van der Waals surface area contributed by atoms with Crippen molar-refractivity contribution in [1.82, 2.24) is 9.80 Å². The van der Waals surface area contributed by atoms with Crippen molar-refractivity contribution < 1.29 is 23.9 Å². The number of hydrogen-bond donors (Lipinski definition) is 0. The molecule has 2 aromatic carbocycles. The van der Waals surface area contributed by atoms with Crippen molar-refractivity contribution in [3.05, 3.63) is 64.7 Å². The maximum Gasteiger partial charge on any atom is 0.255 e. The number of amides is 1. The number of fused-ring (bicyclic) bond motifs is 1.